The van der Waals surface area contributed by atoms with Crippen molar-refractivity contribution in [3.63, 3.8) is 0 Å². The maximum Gasteiger partial charge on any atom is -0.00496 e. The van der Waals surface area contributed by atoms with Gasteiger partial charge in [0.25, 0.3) is 0 Å². The van der Waals surface area contributed by atoms with Gasteiger partial charge < -0.3 is 0 Å². The highest BCUT2D eigenvalue weighted by Gasteiger charge is 2.27. The Morgan fingerprint density at radius 2 is 1.53 bits per heavy atom. The summed E-state index contributed by atoms with van der Waals surface area (Å²) in [5.74, 6) is 0. The molecule has 0 atom stereocenters. The maximum atomic E-state index is 2.39. The SMILES string of the molecule is CC(C)(C)C1=Cc2cccc(C(C)(C)C)c2C1. The van der Waals surface area contributed by atoms with Crippen LogP contribution in [-0.4, -0.2) is 0 Å². The first-order valence-corrected chi connectivity index (χ1v) is 6.53. The molecule has 0 bridgehead atoms. The molecule has 0 heterocycles. The Hall–Kier alpha value is -1.04. The summed E-state index contributed by atoms with van der Waals surface area (Å²) in [6, 6.07) is 6.74. The molecule has 2 rings (SSSR count). The second kappa shape index (κ2) is 3.73. The van der Waals surface area contributed by atoms with Gasteiger partial charge in [0.05, 0.1) is 0 Å². The molecule has 0 saturated heterocycles. The molecule has 17 heavy (non-hydrogen) atoms. The Bertz CT molecular complexity index is 462. The van der Waals surface area contributed by atoms with Crippen LogP contribution in [0.25, 0.3) is 6.08 Å². The second-order valence-electron chi connectivity index (χ2n) is 7.22. The molecule has 0 radical (unpaired) electrons. The van der Waals surface area contributed by atoms with Crippen LogP contribution in [-0.2, 0) is 11.8 Å². The molecule has 1 aromatic rings. The van der Waals surface area contributed by atoms with Gasteiger partial charge in [0, 0.05) is 0 Å². The topological polar surface area (TPSA) is 0 Å². The summed E-state index contributed by atoms with van der Waals surface area (Å²) < 4.78 is 0. The van der Waals surface area contributed by atoms with Crippen LogP contribution < -0.4 is 0 Å². The fourth-order valence-corrected chi connectivity index (χ4v) is 2.55. The first-order chi connectivity index (χ1) is 7.69. The Labute approximate surface area is 106 Å². The van der Waals surface area contributed by atoms with Crippen molar-refractivity contribution in [2.45, 2.75) is 53.4 Å². The van der Waals surface area contributed by atoms with Gasteiger partial charge in [-0.25, -0.2) is 0 Å². The number of benzene rings is 1. The zero-order valence-corrected chi connectivity index (χ0v) is 12.0. The maximum absolute atomic E-state index is 2.39. The fraction of sp³-hybridized carbons (Fsp3) is 0.529. The standard InChI is InChI=1S/C17H24/c1-16(2,3)13-10-12-8-7-9-15(14(12)11-13)17(4,5)6/h7-10H,11H2,1-6H3. The quantitative estimate of drug-likeness (QED) is 0.588. The molecule has 0 fully saturated rings. The molecule has 0 nitrogen and oxygen atoms in total. The van der Waals surface area contributed by atoms with E-state index in [1.54, 1.807) is 11.1 Å². The molecule has 0 aliphatic heterocycles. The average Bonchev–Trinajstić information content (AvgIpc) is 2.57. The molecule has 92 valence electrons. The fourth-order valence-electron chi connectivity index (χ4n) is 2.55. The lowest BCUT2D eigenvalue weighted by atomic mass is 9.80. The number of allylic oxidation sites excluding steroid dienone is 1. The van der Waals surface area contributed by atoms with E-state index in [0.29, 0.717) is 0 Å². The third-order valence-corrected chi connectivity index (χ3v) is 3.68. The minimum absolute atomic E-state index is 0.243. The van der Waals surface area contributed by atoms with Crippen LogP contribution in [0.3, 0.4) is 0 Å². The minimum Gasteiger partial charge on any atom is -0.0614 e. The highest BCUT2D eigenvalue weighted by molar-refractivity contribution is 5.67. The van der Waals surface area contributed by atoms with E-state index in [-0.39, 0.29) is 10.8 Å². The smallest absolute Gasteiger partial charge is 0.00496 e. The van der Waals surface area contributed by atoms with E-state index in [2.05, 4.69) is 65.8 Å². The first kappa shape index (κ1) is 12.4. The molecule has 0 spiro atoms. The van der Waals surface area contributed by atoms with E-state index in [1.165, 1.54) is 11.1 Å². The van der Waals surface area contributed by atoms with E-state index < -0.39 is 0 Å². The lowest BCUT2D eigenvalue weighted by Gasteiger charge is -2.24. The van der Waals surface area contributed by atoms with Crippen molar-refractivity contribution in [3.05, 3.63) is 40.5 Å². The van der Waals surface area contributed by atoms with Crippen LogP contribution in [0.4, 0.5) is 0 Å². The minimum atomic E-state index is 0.243. The highest BCUT2D eigenvalue weighted by Crippen LogP contribution is 2.40. The summed E-state index contributed by atoms with van der Waals surface area (Å²) in [6.45, 7) is 13.8. The van der Waals surface area contributed by atoms with Crippen molar-refractivity contribution < 1.29 is 0 Å². The lowest BCUT2D eigenvalue weighted by Crippen LogP contribution is -2.15. The van der Waals surface area contributed by atoms with Crippen LogP contribution in [0.15, 0.2) is 23.8 Å². The van der Waals surface area contributed by atoms with Gasteiger partial charge in [0.2, 0.25) is 0 Å². The predicted octanol–water partition coefficient (Wildman–Crippen LogP) is 4.97. The van der Waals surface area contributed by atoms with Crippen LogP contribution >= 0.6 is 0 Å². The zero-order chi connectivity index (χ0) is 12.8. The Morgan fingerprint density at radius 1 is 0.882 bits per heavy atom. The van der Waals surface area contributed by atoms with Gasteiger partial charge >= 0.3 is 0 Å². The molecule has 1 aliphatic rings. The van der Waals surface area contributed by atoms with Crippen molar-refractivity contribution in [1.82, 2.24) is 0 Å². The van der Waals surface area contributed by atoms with Crippen molar-refractivity contribution in [2.75, 3.05) is 0 Å². The lowest BCUT2D eigenvalue weighted by molar-refractivity contribution is 0.496. The van der Waals surface area contributed by atoms with E-state index in [0.717, 1.165) is 6.42 Å². The van der Waals surface area contributed by atoms with E-state index in [4.69, 9.17) is 0 Å². The van der Waals surface area contributed by atoms with Gasteiger partial charge in [-0.05, 0) is 33.9 Å². The zero-order valence-electron chi connectivity index (χ0n) is 12.0. The summed E-state index contributed by atoms with van der Waals surface area (Å²) >= 11 is 0. The Balaban J connectivity index is 2.46. The van der Waals surface area contributed by atoms with E-state index in [9.17, 15) is 0 Å². The average molecular weight is 228 g/mol. The van der Waals surface area contributed by atoms with Crippen molar-refractivity contribution in [1.29, 1.82) is 0 Å². The van der Waals surface area contributed by atoms with Gasteiger partial charge in [-0.15, -0.1) is 0 Å². The van der Waals surface area contributed by atoms with Crippen LogP contribution in [0.1, 0.15) is 58.2 Å². The summed E-state index contributed by atoms with van der Waals surface area (Å²) in [5, 5.41) is 0. The monoisotopic (exact) mass is 228 g/mol. The number of hydrogen-bond donors (Lipinski definition) is 0. The first-order valence-electron chi connectivity index (χ1n) is 6.53. The summed E-state index contributed by atoms with van der Waals surface area (Å²) in [4.78, 5) is 0. The van der Waals surface area contributed by atoms with E-state index >= 15 is 0 Å². The summed E-state index contributed by atoms with van der Waals surface area (Å²) in [6.07, 6.45) is 3.52. The molecule has 0 saturated carbocycles. The normalized spacial score (nSPS) is 15.8. The summed E-state index contributed by atoms with van der Waals surface area (Å²) in [5.41, 5.74) is 6.57. The summed E-state index contributed by atoms with van der Waals surface area (Å²) in [7, 11) is 0. The van der Waals surface area contributed by atoms with Crippen LogP contribution in [0, 0.1) is 5.41 Å². The largest absolute Gasteiger partial charge is 0.0614 e. The molecular weight excluding hydrogens is 204 g/mol. The third-order valence-electron chi connectivity index (χ3n) is 3.68. The van der Waals surface area contributed by atoms with Gasteiger partial charge in [0.15, 0.2) is 0 Å². The van der Waals surface area contributed by atoms with Crippen LogP contribution in [0.5, 0.6) is 0 Å². The predicted molar refractivity (Wildman–Crippen MR) is 76.3 cm³/mol. The van der Waals surface area contributed by atoms with Gasteiger partial charge in [0.1, 0.15) is 0 Å². The van der Waals surface area contributed by atoms with Gasteiger partial charge in [-0.2, -0.15) is 0 Å². The van der Waals surface area contributed by atoms with Crippen molar-refractivity contribution in [3.8, 4) is 0 Å². The van der Waals surface area contributed by atoms with E-state index in [1.807, 2.05) is 0 Å². The Morgan fingerprint density at radius 3 is 2.06 bits per heavy atom. The molecule has 0 heteroatoms. The molecule has 1 aromatic carbocycles. The number of hydrogen-bond acceptors (Lipinski definition) is 0. The van der Waals surface area contributed by atoms with Gasteiger partial charge in [-0.3, -0.25) is 0 Å². The van der Waals surface area contributed by atoms with Gasteiger partial charge in [-0.1, -0.05) is 71.4 Å². The Kier molecular flexibility index (Phi) is 2.72. The molecule has 0 aromatic heterocycles. The molecule has 0 unspecified atom stereocenters. The number of fused-ring (bicyclic) bond motifs is 1. The van der Waals surface area contributed by atoms with Crippen molar-refractivity contribution >= 4 is 6.08 Å². The molecule has 0 amide bonds. The molecule has 0 N–H and O–H groups in total. The molecule has 1 aliphatic carbocycles. The van der Waals surface area contributed by atoms with Crippen LogP contribution in [0.2, 0.25) is 0 Å². The number of rotatable bonds is 0. The van der Waals surface area contributed by atoms with Crippen molar-refractivity contribution in [2.24, 2.45) is 5.41 Å². The second-order valence-corrected chi connectivity index (χ2v) is 7.22. The third kappa shape index (κ3) is 2.31. The highest BCUT2D eigenvalue weighted by atomic mass is 14.3. The molecular formula is C17H24.